The number of aromatic nitrogens is 2. The highest BCUT2D eigenvalue weighted by atomic mass is 32.1. The maximum atomic E-state index is 14.3. The molecule has 2 aliphatic rings. The number of nitrogens with one attached hydrogen (secondary N) is 2. The van der Waals surface area contributed by atoms with Crippen molar-refractivity contribution in [1.29, 1.82) is 0 Å². The highest BCUT2D eigenvalue weighted by Crippen LogP contribution is 2.41. The Bertz CT molecular complexity index is 2810. The van der Waals surface area contributed by atoms with E-state index in [0.29, 0.717) is 24.2 Å². The molecule has 0 unspecified atom stereocenters. The van der Waals surface area contributed by atoms with Crippen LogP contribution in [0.25, 0.3) is 32.0 Å². The molecule has 0 spiro atoms. The molecule has 2 aliphatic heterocycles. The van der Waals surface area contributed by atoms with Gasteiger partial charge in [-0.3, -0.25) is 19.2 Å². The summed E-state index contributed by atoms with van der Waals surface area (Å²) in [6.45, 7) is 1.18. The molecule has 2 fully saturated rings. The van der Waals surface area contributed by atoms with Crippen LogP contribution in [-0.4, -0.2) is 56.5 Å². The molecule has 6 aromatic carbocycles. The first-order chi connectivity index (χ1) is 33.4. The van der Waals surface area contributed by atoms with Crippen molar-refractivity contribution < 1.29 is 19.2 Å². The van der Waals surface area contributed by atoms with Crippen LogP contribution < -0.4 is 10.6 Å². The lowest BCUT2D eigenvalue weighted by molar-refractivity contribution is -0.135. The molecule has 4 amide bonds. The van der Waals surface area contributed by atoms with Crippen molar-refractivity contribution in [1.82, 2.24) is 30.4 Å². The van der Waals surface area contributed by atoms with E-state index in [1.807, 2.05) is 119 Å². The fraction of sp³-hybridized carbons (Fsp3) is 0.179. The Hall–Kier alpha value is -7.54. The van der Waals surface area contributed by atoms with E-state index in [9.17, 15) is 19.2 Å². The van der Waals surface area contributed by atoms with Crippen LogP contribution in [0.5, 0.6) is 0 Å². The Morgan fingerprint density at radius 1 is 0.456 bits per heavy atom. The summed E-state index contributed by atoms with van der Waals surface area (Å²) in [4.78, 5) is 70.8. The van der Waals surface area contributed by atoms with Gasteiger partial charge in [0.15, 0.2) is 0 Å². The number of hydrogen-bond acceptors (Lipinski definition) is 8. The van der Waals surface area contributed by atoms with Crippen LogP contribution in [0.2, 0.25) is 0 Å². The van der Waals surface area contributed by atoms with Gasteiger partial charge in [0.2, 0.25) is 11.8 Å². The molecule has 8 aromatic rings. The third-order valence-corrected chi connectivity index (χ3v) is 15.0. The molecule has 10 nitrogen and oxygen atoms in total. The van der Waals surface area contributed by atoms with Crippen LogP contribution in [0.3, 0.4) is 0 Å². The van der Waals surface area contributed by atoms with Gasteiger partial charge in [-0.15, -0.1) is 22.7 Å². The van der Waals surface area contributed by atoms with E-state index in [1.54, 1.807) is 46.9 Å². The zero-order valence-corrected chi connectivity index (χ0v) is 38.7. The number of nitrogens with zero attached hydrogens (tertiary/aromatic N) is 4. The smallest absolute Gasteiger partial charge is 0.252 e. The van der Waals surface area contributed by atoms with E-state index >= 15 is 0 Å². The van der Waals surface area contributed by atoms with Crippen molar-refractivity contribution in [3.63, 3.8) is 0 Å². The summed E-state index contributed by atoms with van der Waals surface area (Å²) in [5, 5.41) is 7.81. The van der Waals surface area contributed by atoms with Crippen LogP contribution in [0, 0.1) is 0 Å². The largest absolute Gasteiger partial charge is 0.336 e. The molecule has 2 saturated heterocycles. The van der Waals surface area contributed by atoms with E-state index in [2.05, 4.69) is 59.2 Å². The number of hydrogen-bond donors (Lipinski definition) is 2. The van der Waals surface area contributed by atoms with Crippen molar-refractivity contribution in [3.05, 3.63) is 215 Å². The van der Waals surface area contributed by atoms with Crippen LogP contribution in [0.1, 0.15) is 91.7 Å². The predicted octanol–water partition coefficient (Wildman–Crippen LogP) is 11.3. The van der Waals surface area contributed by atoms with Gasteiger partial charge in [0.1, 0.15) is 22.1 Å². The van der Waals surface area contributed by atoms with E-state index < -0.39 is 12.1 Å². The molecule has 68 heavy (non-hydrogen) atoms. The molecule has 338 valence electrons. The van der Waals surface area contributed by atoms with Gasteiger partial charge in [-0.05, 0) is 83.3 Å². The second-order valence-corrected chi connectivity index (χ2v) is 19.2. The normalized spacial score (nSPS) is 16.5. The number of rotatable bonds is 13. The number of amides is 4. The van der Waals surface area contributed by atoms with Gasteiger partial charge in [-0.25, -0.2) is 9.97 Å². The minimum absolute atomic E-state index is 0.141. The first-order valence-corrected chi connectivity index (χ1v) is 24.6. The summed E-state index contributed by atoms with van der Waals surface area (Å²) in [6, 6.07) is 51.7. The zero-order valence-electron chi connectivity index (χ0n) is 37.1. The minimum Gasteiger partial charge on any atom is -0.336 e. The van der Waals surface area contributed by atoms with E-state index in [0.717, 1.165) is 78.8 Å². The molecular weight excluding hydrogens is 885 g/mol. The standard InChI is InChI=1S/C56H48N6O4S2/c63-51(43-19-9-3-10-20-43)59-49(41-15-5-1-6-16-41)55(65)61-33-13-23-45(61)53-57-35-47(67-53)39-29-25-37(26-30-39)38-27-31-40(32-28-38)48-36-58-54(68-48)46-24-14-34-62(46)56(66)50(42-17-7-2-8-18-42)60-52(64)44-21-11-4-12-22-44/h1-12,15-22,25-32,35-36,45-46,49-50H,13-14,23-24,33-34H2,(H,59,63)(H,60,64)/t45-,46-,49-,50+/m0/s1. The molecule has 0 bridgehead atoms. The first kappa shape index (κ1) is 44.3. The molecule has 0 aliphatic carbocycles. The quantitative estimate of drug-likeness (QED) is 0.119. The zero-order chi connectivity index (χ0) is 46.4. The predicted molar refractivity (Wildman–Crippen MR) is 268 cm³/mol. The molecule has 0 radical (unpaired) electrons. The third kappa shape index (κ3) is 9.51. The van der Waals surface area contributed by atoms with E-state index in [-0.39, 0.29) is 35.7 Å². The summed E-state index contributed by atoms with van der Waals surface area (Å²) < 4.78 is 0. The fourth-order valence-electron chi connectivity index (χ4n) is 9.18. The summed E-state index contributed by atoms with van der Waals surface area (Å²) in [5.74, 6) is -0.868. The second kappa shape index (κ2) is 20.1. The lowest BCUT2D eigenvalue weighted by Crippen LogP contribution is -2.42. The van der Waals surface area contributed by atoms with Gasteiger partial charge in [0, 0.05) is 36.6 Å². The molecular formula is C56H48N6O4S2. The Labute approximate surface area is 403 Å². The third-order valence-electron chi connectivity index (χ3n) is 12.7. The van der Waals surface area contributed by atoms with Crippen LogP contribution in [-0.2, 0) is 9.59 Å². The van der Waals surface area contributed by atoms with Crippen molar-refractivity contribution in [2.75, 3.05) is 13.1 Å². The maximum absolute atomic E-state index is 14.3. The molecule has 4 atom stereocenters. The monoisotopic (exact) mass is 932 g/mol. The Morgan fingerprint density at radius 3 is 1.16 bits per heavy atom. The van der Waals surface area contributed by atoms with E-state index in [1.165, 1.54) is 0 Å². The Morgan fingerprint density at radius 2 is 0.794 bits per heavy atom. The SMILES string of the molecule is O=C(N[C@H](C(=O)N1CCC[C@H]1c1ncc(-c2ccc(-c3ccc(-c4cnc([C@@H]5CCCN5C(=O)[C@H](NC(=O)c5ccccc5)c5ccccc5)s4)cc3)cc2)s1)c1ccccc1)c1ccccc1. The van der Waals surface area contributed by atoms with Gasteiger partial charge >= 0.3 is 0 Å². The van der Waals surface area contributed by atoms with Crippen molar-refractivity contribution in [2.45, 2.75) is 49.9 Å². The second-order valence-electron chi connectivity index (χ2n) is 17.0. The fourth-order valence-corrected chi connectivity index (χ4v) is 11.3. The van der Waals surface area contributed by atoms with Gasteiger partial charge < -0.3 is 20.4 Å². The summed E-state index contributed by atoms with van der Waals surface area (Å²) in [7, 11) is 0. The van der Waals surface area contributed by atoms with Gasteiger partial charge in [0.25, 0.3) is 11.8 Å². The Balaban J connectivity index is 0.800. The minimum atomic E-state index is -0.827. The van der Waals surface area contributed by atoms with Crippen molar-refractivity contribution >= 4 is 46.3 Å². The van der Waals surface area contributed by atoms with Gasteiger partial charge in [0.05, 0.1) is 21.8 Å². The number of carbonyl (C=O) groups is 4. The van der Waals surface area contributed by atoms with Crippen molar-refractivity contribution in [2.24, 2.45) is 0 Å². The highest BCUT2D eigenvalue weighted by Gasteiger charge is 2.38. The summed E-state index contributed by atoms with van der Waals surface area (Å²) in [6.07, 6.45) is 7.09. The van der Waals surface area contributed by atoms with Crippen molar-refractivity contribution in [3.8, 4) is 32.0 Å². The molecule has 10 rings (SSSR count). The first-order valence-electron chi connectivity index (χ1n) is 22.9. The molecule has 0 saturated carbocycles. The molecule has 12 heteroatoms. The maximum Gasteiger partial charge on any atom is 0.252 e. The number of carbonyl (C=O) groups excluding carboxylic acids is 4. The summed E-state index contributed by atoms with van der Waals surface area (Å²) in [5.41, 5.74) is 6.75. The average Bonchev–Trinajstić information content (AvgIpc) is 4.26. The number of likely N-dealkylation sites (tertiary alicyclic amines) is 2. The highest BCUT2D eigenvalue weighted by molar-refractivity contribution is 7.15. The number of thiazole rings is 2. The van der Waals surface area contributed by atoms with Crippen LogP contribution in [0.15, 0.2) is 182 Å². The van der Waals surface area contributed by atoms with E-state index in [4.69, 9.17) is 9.97 Å². The lowest BCUT2D eigenvalue weighted by Gasteiger charge is -2.28. The van der Waals surface area contributed by atoms with Crippen LogP contribution >= 0.6 is 22.7 Å². The lowest BCUT2D eigenvalue weighted by atomic mass is 10.0. The Kier molecular flexibility index (Phi) is 13.1. The topological polar surface area (TPSA) is 125 Å². The average molecular weight is 933 g/mol. The molecule has 2 N–H and O–H groups in total. The molecule has 4 heterocycles. The molecule has 2 aromatic heterocycles. The number of benzene rings is 6. The van der Waals surface area contributed by atoms with Crippen LogP contribution in [0.4, 0.5) is 0 Å². The van der Waals surface area contributed by atoms with Gasteiger partial charge in [-0.1, -0.05) is 146 Å². The van der Waals surface area contributed by atoms with Gasteiger partial charge in [-0.2, -0.15) is 0 Å². The summed E-state index contributed by atoms with van der Waals surface area (Å²) >= 11 is 3.21.